The van der Waals surface area contributed by atoms with Crippen LogP contribution in [0.5, 0.6) is 0 Å². The molecule has 3 rings (SSSR count). The van der Waals surface area contributed by atoms with Crippen molar-refractivity contribution in [1.82, 2.24) is 15.6 Å². The van der Waals surface area contributed by atoms with Crippen LogP contribution in [0.4, 0.5) is 0 Å². The quantitative estimate of drug-likeness (QED) is 0.370. The molecule has 4 nitrogen and oxygen atoms in total. The number of nitrogens with zero attached hydrogens (tertiary/aromatic N) is 1. The molecule has 3 N–H and O–H groups in total. The van der Waals surface area contributed by atoms with Crippen LogP contribution in [0, 0.1) is 0 Å². The third kappa shape index (κ3) is 4.38. The molecular weight excluding hydrogens is 296 g/mol. The van der Waals surface area contributed by atoms with Crippen molar-refractivity contribution in [3.05, 3.63) is 71.9 Å². The average molecular weight is 320 g/mol. The molecule has 0 atom stereocenters. The number of guanidine groups is 1. The summed E-state index contributed by atoms with van der Waals surface area (Å²) < 4.78 is 0. The number of hydrogen-bond acceptors (Lipinski definition) is 1. The van der Waals surface area contributed by atoms with Gasteiger partial charge in [-0.05, 0) is 35.9 Å². The zero-order chi connectivity index (χ0) is 16.6. The Balaban J connectivity index is 1.43. The van der Waals surface area contributed by atoms with Crippen LogP contribution < -0.4 is 10.6 Å². The van der Waals surface area contributed by atoms with Gasteiger partial charge >= 0.3 is 0 Å². The molecule has 0 saturated carbocycles. The Morgan fingerprint density at radius 2 is 1.79 bits per heavy atom. The predicted molar refractivity (Wildman–Crippen MR) is 101 cm³/mol. The van der Waals surface area contributed by atoms with Crippen LogP contribution in [0.25, 0.3) is 10.9 Å². The van der Waals surface area contributed by atoms with Crippen LogP contribution in [0.2, 0.25) is 0 Å². The van der Waals surface area contributed by atoms with Gasteiger partial charge in [-0.2, -0.15) is 0 Å². The largest absolute Gasteiger partial charge is 0.357 e. The van der Waals surface area contributed by atoms with Gasteiger partial charge in [0.2, 0.25) is 0 Å². The van der Waals surface area contributed by atoms with E-state index in [9.17, 15) is 0 Å². The molecule has 0 aliphatic carbocycles. The number of aryl methyl sites for hydroxylation is 1. The zero-order valence-electron chi connectivity index (χ0n) is 14.0. The Bertz CT molecular complexity index is 757. The van der Waals surface area contributed by atoms with E-state index in [2.05, 4.69) is 75.2 Å². The van der Waals surface area contributed by atoms with Gasteiger partial charge in [0.1, 0.15) is 0 Å². The lowest BCUT2D eigenvalue weighted by Crippen LogP contribution is -2.37. The third-order valence-electron chi connectivity index (χ3n) is 4.03. The number of aromatic amines is 1. The summed E-state index contributed by atoms with van der Waals surface area (Å²) in [5.41, 5.74) is 3.70. The minimum atomic E-state index is 0.729. The molecular formula is C20H24N4. The van der Waals surface area contributed by atoms with Crippen molar-refractivity contribution >= 4 is 16.9 Å². The molecule has 0 amide bonds. The molecule has 2 aromatic carbocycles. The van der Waals surface area contributed by atoms with E-state index >= 15 is 0 Å². The van der Waals surface area contributed by atoms with Gasteiger partial charge in [-0.3, -0.25) is 4.99 Å². The van der Waals surface area contributed by atoms with E-state index < -0.39 is 0 Å². The fourth-order valence-electron chi connectivity index (χ4n) is 2.77. The highest BCUT2D eigenvalue weighted by Gasteiger charge is 2.02. The minimum Gasteiger partial charge on any atom is -0.357 e. The molecule has 0 radical (unpaired) electrons. The lowest BCUT2D eigenvalue weighted by molar-refractivity contribution is 0.739. The van der Waals surface area contributed by atoms with Crippen LogP contribution in [0.15, 0.2) is 65.7 Å². The summed E-state index contributed by atoms with van der Waals surface area (Å²) in [5.74, 6) is 0.835. The van der Waals surface area contributed by atoms with E-state index in [1.165, 1.54) is 16.5 Å². The van der Waals surface area contributed by atoms with Crippen molar-refractivity contribution in [1.29, 1.82) is 0 Å². The lowest BCUT2D eigenvalue weighted by atomic mass is 10.1. The molecule has 0 aliphatic rings. The molecule has 4 heteroatoms. The van der Waals surface area contributed by atoms with Crippen LogP contribution in [0.1, 0.15) is 17.7 Å². The van der Waals surface area contributed by atoms with Gasteiger partial charge in [0.25, 0.3) is 0 Å². The number of rotatable bonds is 6. The number of benzene rings is 2. The number of aromatic nitrogens is 1. The standard InChI is InChI=1S/C20H24N4/c1-21-20(22-13-7-10-16-8-3-2-4-9-16)23-15-18-14-17-11-5-6-12-19(17)24-18/h2-6,8-9,11-12,14,24H,7,10,13,15H2,1H3,(H2,21,22,23). The Morgan fingerprint density at radius 3 is 2.58 bits per heavy atom. The second kappa shape index (κ2) is 8.20. The summed E-state index contributed by atoms with van der Waals surface area (Å²) in [7, 11) is 1.80. The maximum absolute atomic E-state index is 4.28. The van der Waals surface area contributed by atoms with Crippen molar-refractivity contribution in [2.45, 2.75) is 19.4 Å². The molecule has 0 saturated heterocycles. The normalized spacial score (nSPS) is 11.6. The smallest absolute Gasteiger partial charge is 0.191 e. The first-order valence-corrected chi connectivity index (χ1v) is 8.40. The van der Waals surface area contributed by atoms with Gasteiger partial charge in [0.15, 0.2) is 5.96 Å². The highest BCUT2D eigenvalue weighted by atomic mass is 15.2. The monoisotopic (exact) mass is 320 g/mol. The highest BCUT2D eigenvalue weighted by Crippen LogP contribution is 2.14. The van der Waals surface area contributed by atoms with E-state index in [4.69, 9.17) is 0 Å². The topological polar surface area (TPSA) is 52.2 Å². The van der Waals surface area contributed by atoms with Gasteiger partial charge < -0.3 is 15.6 Å². The van der Waals surface area contributed by atoms with E-state index in [1.807, 2.05) is 6.07 Å². The molecule has 0 spiro atoms. The molecule has 0 bridgehead atoms. The Labute approximate surface area is 143 Å². The van der Waals surface area contributed by atoms with Crippen LogP contribution in [-0.4, -0.2) is 24.5 Å². The Hall–Kier alpha value is -2.75. The molecule has 24 heavy (non-hydrogen) atoms. The highest BCUT2D eigenvalue weighted by molar-refractivity contribution is 5.81. The number of aliphatic imine (C=N–C) groups is 1. The summed E-state index contributed by atoms with van der Waals surface area (Å²) in [6.07, 6.45) is 2.16. The molecule has 0 aliphatic heterocycles. The number of fused-ring (bicyclic) bond motifs is 1. The lowest BCUT2D eigenvalue weighted by Gasteiger charge is -2.11. The maximum Gasteiger partial charge on any atom is 0.191 e. The fourth-order valence-corrected chi connectivity index (χ4v) is 2.77. The summed E-state index contributed by atoms with van der Waals surface area (Å²) in [4.78, 5) is 7.70. The van der Waals surface area contributed by atoms with Gasteiger partial charge in [0, 0.05) is 24.8 Å². The summed E-state index contributed by atoms with van der Waals surface area (Å²) in [6, 6.07) is 21.0. The molecule has 1 aromatic heterocycles. The van der Waals surface area contributed by atoms with Crippen LogP contribution in [-0.2, 0) is 13.0 Å². The maximum atomic E-state index is 4.28. The average Bonchev–Trinajstić information content (AvgIpc) is 3.05. The summed E-state index contributed by atoms with van der Waals surface area (Å²) >= 11 is 0. The van der Waals surface area contributed by atoms with Gasteiger partial charge in [-0.25, -0.2) is 0 Å². The second-order valence-electron chi connectivity index (χ2n) is 5.82. The SMILES string of the molecule is CN=C(NCCCc1ccccc1)NCc1cc2ccccc2[nH]1. The second-order valence-corrected chi connectivity index (χ2v) is 5.82. The fraction of sp³-hybridized carbons (Fsp3) is 0.250. The molecule has 0 fully saturated rings. The van der Waals surface area contributed by atoms with Gasteiger partial charge in [-0.1, -0.05) is 48.5 Å². The summed E-state index contributed by atoms with van der Waals surface area (Å²) in [6.45, 7) is 1.63. The minimum absolute atomic E-state index is 0.729. The Morgan fingerprint density at radius 1 is 1.00 bits per heavy atom. The van der Waals surface area contributed by atoms with Gasteiger partial charge in [-0.15, -0.1) is 0 Å². The first-order chi connectivity index (χ1) is 11.8. The number of H-pyrrole nitrogens is 1. The number of hydrogen-bond donors (Lipinski definition) is 3. The van der Waals surface area contributed by atoms with E-state index in [-0.39, 0.29) is 0 Å². The first kappa shape index (κ1) is 16.1. The molecule has 3 aromatic rings. The zero-order valence-corrected chi connectivity index (χ0v) is 14.0. The van der Waals surface area contributed by atoms with Crippen molar-refractivity contribution in [3.8, 4) is 0 Å². The Kier molecular flexibility index (Phi) is 5.51. The van der Waals surface area contributed by atoms with Crippen molar-refractivity contribution in [2.75, 3.05) is 13.6 Å². The van der Waals surface area contributed by atoms with Gasteiger partial charge in [0.05, 0.1) is 6.54 Å². The van der Waals surface area contributed by atoms with Crippen LogP contribution in [0.3, 0.4) is 0 Å². The molecule has 1 heterocycles. The third-order valence-corrected chi connectivity index (χ3v) is 4.03. The number of nitrogens with one attached hydrogen (secondary N) is 3. The number of para-hydroxylation sites is 1. The molecule has 0 unspecified atom stereocenters. The van der Waals surface area contributed by atoms with Crippen molar-refractivity contribution in [2.24, 2.45) is 4.99 Å². The van der Waals surface area contributed by atoms with Crippen LogP contribution >= 0.6 is 0 Å². The first-order valence-electron chi connectivity index (χ1n) is 8.40. The van der Waals surface area contributed by atoms with E-state index in [0.717, 1.165) is 37.6 Å². The summed E-state index contributed by atoms with van der Waals surface area (Å²) in [5, 5.41) is 7.96. The van der Waals surface area contributed by atoms with Crippen molar-refractivity contribution < 1.29 is 0 Å². The van der Waals surface area contributed by atoms with E-state index in [1.54, 1.807) is 7.05 Å². The molecule has 124 valence electrons. The van der Waals surface area contributed by atoms with Crippen molar-refractivity contribution in [3.63, 3.8) is 0 Å². The van der Waals surface area contributed by atoms with E-state index in [0.29, 0.717) is 0 Å². The predicted octanol–water partition coefficient (Wildman–Crippen LogP) is 3.47.